The van der Waals surface area contributed by atoms with Gasteiger partial charge in [0.1, 0.15) is 0 Å². The molecule has 0 aliphatic carbocycles. The smallest absolute Gasteiger partial charge is 0.0504 e. The molecule has 2 rings (SSSR count). The molecular formula is C15H24N2S. The van der Waals surface area contributed by atoms with Crippen LogP contribution in [0.3, 0.4) is 0 Å². The minimum absolute atomic E-state index is 0.595. The van der Waals surface area contributed by atoms with Crippen molar-refractivity contribution < 1.29 is 0 Å². The summed E-state index contributed by atoms with van der Waals surface area (Å²) in [6.07, 6.45) is 3.47. The van der Waals surface area contributed by atoms with Crippen molar-refractivity contribution in [3.05, 3.63) is 24.3 Å². The zero-order chi connectivity index (χ0) is 13.0. The molecule has 1 saturated heterocycles. The Hall–Kier alpha value is -0.670. The standard InChI is InChI=1S/C15H24N2S/c1-12(2)16-10-13-8-9-17(11-13)14-6-4-5-7-15(14)18-3/h4-7,12-13,16H,8-11H2,1-3H3. The number of nitrogens with one attached hydrogen (secondary N) is 1. The van der Waals surface area contributed by atoms with Crippen LogP contribution in [0.25, 0.3) is 0 Å². The molecule has 1 aliphatic rings. The Morgan fingerprint density at radius 1 is 1.39 bits per heavy atom. The van der Waals surface area contributed by atoms with Crippen LogP contribution in [0, 0.1) is 5.92 Å². The van der Waals surface area contributed by atoms with Crippen LogP contribution in [-0.4, -0.2) is 31.9 Å². The van der Waals surface area contributed by atoms with Crippen LogP contribution in [-0.2, 0) is 0 Å². The number of rotatable bonds is 5. The summed E-state index contributed by atoms with van der Waals surface area (Å²) in [5, 5.41) is 3.56. The van der Waals surface area contributed by atoms with Crippen molar-refractivity contribution in [2.75, 3.05) is 30.8 Å². The first-order chi connectivity index (χ1) is 8.70. The van der Waals surface area contributed by atoms with Crippen LogP contribution < -0.4 is 10.2 Å². The van der Waals surface area contributed by atoms with Gasteiger partial charge in [-0.25, -0.2) is 0 Å². The van der Waals surface area contributed by atoms with Crippen molar-refractivity contribution in [2.24, 2.45) is 5.92 Å². The third-order valence-electron chi connectivity index (χ3n) is 3.53. The molecule has 100 valence electrons. The van der Waals surface area contributed by atoms with Crippen LogP contribution in [0.2, 0.25) is 0 Å². The fourth-order valence-corrected chi connectivity index (χ4v) is 3.13. The highest BCUT2D eigenvalue weighted by atomic mass is 32.2. The van der Waals surface area contributed by atoms with E-state index in [9.17, 15) is 0 Å². The fourth-order valence-electron chi connectivity index (χ4n) is 2.51. The summed E-state index contributed by atoms with van der Waals surface area (Å²) < 4.78 is 0. The van der Waals surface area contributed by atoms with E-state index in [0.29, 0.717) is 6.04 Å². The van der Waals surface area contributed by atoms with E-state index in [2.05, 4.69) is 54.6 Å². The van der Waals surface area contributed by atoms with Gasteiger partial charge >= 0.3 is 0 Å². The van der Waals surface area contributed by atoms with E-state index >= 15 is 0 Å². The highest BCUT2D eigenvalue weighted by Gasteiger charge is 2.23. The van der Waals surface area contributed by atoms with E-state index in [1.807, 2.05) is 11.8 Å². The summed E-state index contributed by atoms with van der Waals surface area (Å²) in [6.45, 7) is 7.97. The molecule has 18 heavy (non-hydrogen) atoms. The Kier molecular flexibility index (Phi) is 4.95. The Morgan fingerprint density at radius 2 is 2.17 bits per heavy atom. The molecule has 1 heterocycles. The maximum atomic E-state index is 3.56. The van der Waals surface area contributed by atoms with Crippen LogP contribution in [0.1, 0.15) is 20.3 Å². The average molecular weight is 264 g/mol. The van der Waals surface area contributed by atoms with Gasteiger partial charge in [-0.3, -0.25) is 0 Å². The first kappa shape index (κ1) is 13.8. The Bertz CT molecular complexity index is 379. The molecule has 1 aromatic carbocycles. The van der Waals surface area contributed by atoms with Crippen molar-refractivity contribution >= 4 is 17.4 Å². The molecular weight excluding hydrogens is 240 g/mol. The average Bonchev–Trinajstić information content (AvgIpc) is 2.85. The Labute approximate surface area is 115 Å². The van der Waals surface area contributed by atoms with Gasteiger partial charge in [-0.15, -0.1) is 11.8 Å². The monoisotopic (exact) mass is 264 g/mol. The highest BCUT2D eigenvalue weighted by molar-refractivity contribution is 7.98. The van der Waals surface area contributed by atoms with Gasteiger partial charge in [0.05, 0.1) is 5.69 Å². The topological polar surface area (TPSA) is 15.3 Å². The minimum atomic E-state index is 0.595. The quantitative estimate of drug-likeness (QED) is 0.822. The van der Waals surface area contributed by atoms with Crippen molar-refractivity contribution in [2.45, 2.75) is 31.2 Å². The van der Waals surface area contributed by atoms with Crippen LogP contribution in [0.5, 0.6) is 0 Å². The number of hydrogen-bond acceptors (Lipinski definition) is 3. The molecule has 1 aliphatic heterocycles. The van der Waals surface area contributed by atoms with E-state index < -0.39 is 0 Å². The fraction of sp³-hybridized carbons (Fsp3) is 0.600. The van der Waals surface area contributed by atoms with Gasteiger partial charge in [0, 0.05) is 24.0 Å². The summed E-state index contributed by atoms with van der Waals surface area (Å²) in [4.78, 5) is 3.94. The number of thioether (sulfide) groups is 1. The predicted octanol–water partition coefficient (Wildman–Crippen LogP) is 3.23. The lowest BCUT2D eigenvalue weighted by Crippen LogP contribution is -2.30. The van der Waals surface area contributed by atoms with Crippen molar-refractivity contribution in [1.29, 1.82) is 0 Å². The van der Waals surface area contributed by atoms with Crippen LogP contribution in [0.4, 0.5) is 5.69 Å². The first-order valence-corrected chi connectivity index (χ1v) is 8.04. The Morgan fingerprint density at radius 3 is 2.89 bits per heavy atom. The zero-order valence-corrected chi connectivity index (χ0v) is 12.5. The molecule has 3 heteroatoms. The number of para-hydroxylation sites is 1. The van der Waals surface area contributed by atoms with Crippen molar-refractivity contribution in [3.63, 3.8) is 0 Å². The summed E-state index contributed by atoms with van der Waals surface area (Å²) in [5.74, 6) is 0.794. The van der Waals surface area contributed by atoms with E-state index in [1.54, 1.807) is 0 Å². The Balaban J connectivity index is 1.95. The highest BCUT2D eigenvalue weighted by Crippen LogP contribution is 2.31. The van der Waals surface area contributed by atoms with Gasteiger partial charge in [0.25, 0.3) is 0 Å². The van der Waals surface area contributed by atoms with Crippen molar-refractivity contribution in [3.8, 4) is 0 Å². The van der Waals surface area contributed by atoms with Gasteiger partial charge < -0.3 is 10.2 Å². The maximum Gasteiger partial charge on any atom is 0.0504 e. The lowest BCUT2D eigenvalue weighted by atomic mass is 10.1. The lowest BCUT2D eigenvalue weighted by Gasteiger charge is -2.21. The minimum Gasteiger partial charge on any atom is -0.370 e. The summed E-state index contributed by atoms with van der Waals surface area (Å²) in [5.41, 5.74) is 1.41. The van der Waals surface area contributed by atoms with Crippen LogP contribution in [0.15, 0.2) is 29.2 Å². The van der Waals surface area contributed by atoms with E-state index in [4.69, 9.17) is 0 Å². The summed E-state index contributed by atoms with van der Waals surface area (Å²) in [6, 6.07) is 9.35. The second kappa shape index (κ2) is 6.48. The molecule has 2 nitrogen and oxygen atoms in total. The second-order valence-electron chi connectivity index (χ2n) is 5.34. The maximum absolute atomic E-state index is 3.56. The SMILES string of the molecule is CSc1ccccc1N1CCC(CNC(C)C)C1. The molecule has 1 fully saturated rings. The second-order valence-corrected chi connectivity index (χ2v) is 6.18. The molecule has 1 unspecified atom stereocenters. The molecule has 0 saturated carbocycles. The number of hydrogen-bond donors (Lipinski definition) is 1. The normalized spacial score (nSPS) is 19.8. The number of anilines is 1. The number of benzene rings is 1. The van der Waals surface area contributed by atoms with E-state index in [-0.39, 0.29) is 0 Å². The summed E-state index contributed by atoms with van der Waals surface area (Å²) in [7, 11) is 0. The van der Waals surface area contributed by atoms with Gasteiger partial charge in [-0.05, 0) is 37.3 Å². The molecule has 0 spiro atoms. The van der Waals surface area contributed by atoms with E-state index in [1.165, 1.54) is 30.1 Å². The third kappa shape index (κ3) is 3.42. The number of nitrogens with zero attached hydrogens (tertiary/aromatic N) is 1. The predicted molar refractivity (Wildman–Crippen MR) is 81.7 cm³/mol. The van der Waals surface area contributed by atoms with E-state index in [0.717, 1.165) is 12.5 Å². The van der Waals surface area contributed by atoms with Gasteiger partial charge in [0.2, 0.25) is 0 Å². The zero-order valence-electron chi connectivity index (χ0n) is 11.6. The first-order valence-electron chi connectivity index (χ1n) is 6.82. The lowest BCUT2D eigenvalue weighted by molar-refractivity contribution is 0.480. The molecule has 0 bridgehead atoms. The van der Waals surface area contributed by atoms with Gasteiger partial charge in [-0.2, -0.15) is 0 Å². The summed E-state index contributed by atoms with van der Waals surface area (Å²) >= 11 is 1.84. The molecule has 1 atom stereocenters. The molecule has 0 amide bonds. The molecule has 0 aromatic heterocycles. The van der Waals surface area contributed by atoms with Gasteiger partial charge in [0.15, 0.2) is 0 Å². The largest absolute Gasteiger partial charge is 0.370 e. The van der Waals surface area contributed by atoms with Crippen molar-refractivity contribution in [1.82, 2.24) is 5.32 Å². The van der Waals surface area contributed by atoms with Gasteiger partial charge in [-0.1, -0.05) is 26.0 Å². The molecule has 1 aromatic rings. The third-order valence-corrected chi connectivity index (χ3v) is 4.31. The molecule has 0 radical (unpaired) electrons. The van der Waals surface area contributed by atoms with Crippen LogP contribution >= 0.6 is 11.8 Å². The molecule has 1 N–H and O–H groups in total.